The predicted molar refractivity (Wildman–Crippen MR) is 70.6 cm³/mol. The molecule has 0 aliphatic rings. The van der Waals surface area contributed by atoms with E-state index in [4.69, 9.17) is 4.74 Å². The van der Waals surface area contributed by atoms with Crippen molar-refractivity contribution in [3.05, 3.63) is 53.7 Å². The molecule has 2 rings (SSSR count). The van der Waals surface area contributed by atoms with Crippen molar-refractivity contribution in [2.75, 3.05) is 6.61 Å². The molecule has 6 heteroatoms. The van der Waals surface area contributed by atoms with E-state index in [1.807, 2.05) is 0 Å². The van der Waals surface area contributed by atoms with E-state index in [-0.39, 0.29) is 12.3 Å². The van der Waals surface area contributed by atoms with E-state index in [0.29, 0.717) is 11.3 Å². The quantitative estimate of drug-likeness (QED) is 0.805. The van der Waals surface area contributed by atoms with E-state index >= 15 is 0 Å². The number of hydrogen-bond acceptors (Lipinski definition) is 3. The average molecular weight is 295 g/mol. The maximum atomic E-state index is 12.5. The number of pyridine rings is 1. The molecule has 0 unspecified atom stereocenters. The van der Waals surface area contributed by atoms with E-state index in [0.717, 1.165) is 12.1 Å². The van der Waals surface area contributed by atoms with Gasteiger partial charge in [-0.25, -0.2) is 9.78 Å². The van der Waals surface area contributed by atoms with Crippen LogP contribution in [0, 0.1) is 0 Å². The van der Waals surface area contributed by atoms with Gasteiger partial charge in [0.05, 0.1) is 17.9 Å². The number of benzene rings is 1. The predicted octanol–water partition coefficient (Wildman–Crippen LogP) is 3.94. The first-order valence-electron chi connectivity index (χ1n) is 6.23. The van der Waals surface area contributed by atoms with E-state index in [1.54, 1.807) is 19.1 Å². The zero-order chi connectivity index (χ0) is 15.5. The van der Waals surface area contributed by atoms with E-state index in [2.05, 4.69) is 4.98 Å². The van der Waals surface area contributed by atoms with E-state index in [1.165, 1.54) is 18.2 Å². The summed E-state index contributed by atoms with van der Waals surface area (Å²) in [4.78, 5) is 15.7. The third kappa shape index (κ3) is 3.59. The molecule has 3 nitrogen and oxygen atoms in total. The maximum absolute atomic E-state index is 12.5. The summed E-state index contributed by atoms with van der Waals surface area (Å²) in [5.41, 5.74) is 0.297. The SMILES string of the molecule is CCOC(=O)c1cccc(-c2ccc(C(F)(F)F)cc2)n1. The monoisotopic (exact) mass is 295 g/mol. The molecule has 21 heavy (non-hydrogen) atoms. The first-order valence-corrected chi connectivity index (χ1v) is 6.23. The lowest BCUT2D eigenvalue weighted by atomic mass is 10.1. The smallest absolute Gasteiger partial charge is 0.416 e. The Morgan fingerprint density at radius 3 is 2.38 bits per heavy atom. The minimum absolute atomic E-state index is 0.120. The van der Waals surface area contributed by atoms with E-state index in [9.17, 15) is 18.0 Å². The second-order valence-electron chi connectivity index (χ2n) is 4.20. The largest absolute Gasteiger partial charge is 0.461 e. The molecule has 0 aliphatic heterocycles. The van der Waals surface area contributed by atoms with Gasteiger partial charge in [0.25, 0.3) is 0 Å². The highest BCUT2D eigenvalue weighted by molar-refractivity contribution is 5.87. The van der Waals surface area contributed by atoms with Crippen molar-refractivity contribution in [2.24, 2.45) is 0 Å². The normalized spacial score (nSPS) is 11.2. The molecule has 0 saturated carbocycles. The third-order valence-electron chi connectivity index (χ3n) is 2.74. The lowest BCUT2D eigenvalue weighted by molar-refractivity contribution is -0.137. The van der Waals surface area contributed by atoms with Gasteiger partial charge in [-0.05, 0) is 31.2 Å². The summed E-state index contributed by atoms with van der Waals surface area (Å²) in [6.45, 7) is 1.91. The van der Waals surface area contributed by atoms with Crippen LogP contribution in [0.2, 0.25) is 0 Å². The van der Waals surface area contributed by atoms with Gasteiger partial charge in [0.15, 0.2) is 0 Å². The lowest BCUT2D eigenvalue weighted by Crippen LogP contribution is -2.07. The van der Waals surface area contributed by atoms with Crippen LogP contribution in [-0.4, -0.2) is 17.6 Å². The van der Waals surface area contributed by atoms with Crippen LogP contribution in [0.15, 0.2) is 42.5 Å². The van der Waals surface area contributed by atoms with Gasteiger partial charge >= 0.3 is 12.1 Å². The first-order chi connectivity index (χ1) is 9.91. The van der Waals surface area contributed by atoms with Crippen LogP contribution < -0.4 is 0 Å². The van der Waals surface area contributed by atoms with Gasteiger partial charge in [0.2, 0.25) is 0 Å². The molecule has 0 aliphatic carbocycles. The third-order valence-corrected chi connectivity index (χ3v) is 2.74. The molecule has 1 aromatic carbocycles. The Balaban J connectivity index is 2.30. The molecule has 0 amide bonds. The fourth-order valence-corrected chi connectivity index (χ4v) is 1.74. The summed E-state index contributed by atoms with van der Waals surface area (Å²) in [7, 11) is 0. The van der Waals surface area contributed by atoms with Crippen molar-refractivity contribution < 1.29 is 22.7 Å². The summed E-state index contributed by atoms with van der Waals surface area (Å²) in [5.74, 6) is -0.564. The molecule has 1 aromatic heterocycles. The van der Waals surface area contributed by atoms with Crippen molar-refractivity contribution >= 4 is 5.97 Å². The van der Waals surface area contributed by atoms with Gasteiger partial charge in [0.1, 0.15) is 5.69 Å². The van der Waals surface area contributed by atoms with Gasteiger partial charge < -0.3 is 4.74 Å². The molecule has 0 bridgehead atoms. The fraction of sp³-hybridized carbons (Fsp3) is 0.200. The van der Waals surface area contributed by atoms with Crippen molar-refractivity contribution in [3.63, 3.8) is 0 Å². The minimum atomic E-state index is -4.38. The van der Waals surface area contributed by atoms with Crippen LogP contribution in [0.3, 0.4) is 0 Å². The average Bonchev–Trinajstić information content (AvgIpc) is 2.47. The standard InChI is InChI=1S/C15H12F3NO2/c1-2-21-14(20)13-5-3-4-12(19-13)10-6-8-11(9-7-10)15(16,17)18/h3-9H,2H2,1H3. The van der Waals surface area contributed by atoms with Crippen molar-refractivity contribution in [2.45, 2.75) is 13.1 Å². The van der Waals surface area contributed by atoms with Crippen molar-refractivity contribution in [3.8, 4) is 11.3 Å². The number of alkyl halides is 3. The highest BCUT2D eigenvalue weighted by Crippen LogP contribution is 2.30. The van der Waals surface area contributed by atoms with Crippen LogP contribution >= 0.6 is 0 Å². The molecule has 0 spiro atoms. The molecule has 110 valence electrons. The van der Waals surface area contributed by atoms with Gasteiger partial charge in [-0.1, -0.05) is 18.2 Å². The van der Waals surface area contributed by atoms with Crippen molar-refractivity contribution in [1.82, 2.24) is 4.98 Å². The number of hydrogen-bond donors (Lipinski definition) is 0. The molecule has 0 saturated heterocycles. The molecule has 0 N–H and O–H groups in total. The van der Waals surface area contributed by atoms with Crippen LogP contribution in [-0.2, 0) is 10.9 Å². The second kappa shape index (κ2) is 5.95. The Morgan fingerprint density at radius 2 is 1.81 bits per heavy atom. The minimum Gasteiger partial charge on any atom is -0.461 e. The zero-order valence-electron chi connectivity index (χ0n) is 11.1. The molecule has 2 aromatic rings. The number of rotatable bonds is 3. The van der Waals surface area contributed by atoms with E-state index < -0.39 is 17.7 Å². The topological polar surface area (TPSA) is 39.2 Å². The van der Waals surface area contributed by atoms with Crippen LogP contribution in [0.5, 0.6) is 0 Å². The lowest BCUT2D eigenvalue weighted by Gasteiger charge is -2.08. The number of halogens is 3. The number of carbonyl (C=O) groups excluding carboxylic acids is 1. The number of ether oxygens (including phenoxy) is 1. The number of carbonyl (C=O) groups is 1. The molecule has 0 fully saturated rings. The summed E-state index contributed by atoms with van der Waals surface area (Å²) in [6, 6.07) is 9.31. The molecular weight excluding hydrogens is 283 g/mol. The zero-order valence-corrected chi connectivity index (χ0v) is 11.1. The summed E-state index contributed by atoms with van der Waals surface area (Å²) < 4.78 is 42.3. The van der Waals surface area contributed by atoms with Gasteiger partial charge in [-0.2, -0.15) is 13.2 Å². The Morgan fingerprint density at radius 1 is 1.14 bits per heavy atom. The maximum Gasteiger partial charge on any atom is 0.416 e. The van der Waals surface area contributed by atoms with Gasteiger partial charge in [-0.15, -0.1) is 0 Å². The summed E-state index contributed by atoms with van der Waals surface area (Å²) in [5, 5.41) is 0. The second-order valence-corrected chi connectivity index (χ2v) is 4.20. The fourth-order valence-electron chi connectivity index (χ4n) is 1.74. The molecule has 1 heterocycles. The Hall–Kier alpha value is -2.37. The van der Waals surface area contributed by atoms with Gasteiger partial charge in [-0.3, -0.25) is 0 Å². The summed E-state index contributed by atoms with van der Waals surface area (Å²) in [6.07, 6.45) is -4.38. The van der Waals surface area contributed by atoms with Crippen molar-refractivity contribution in [1.29, 1.82) is 0 Å². The highest BCUT2D eigenvalue weighted by Gasteiger charge is 2.30. The summed E-state index contributed by atoms with van der Waals surface area (Å²) >= 11 is 0. The highest BCUT2D eigenvalue weighted by atomic mass is 19.4. The molecule has 0 radical (unpaired) electrons. The number of aromatic nitrogens is 1. The Kier molecular flexibility index (Phi) is 4.26. The molecule has 0 atom stereocenters. The first kappa shape index (κ1) is 15.0. The number of nitrogens with zero attached hydrogens (tertiary/aromatic N) is 1. The van der Waals surface area contributed by atoms with Gasteiger partial charge in [0, 0.05) is 5.56 Å². The van der Waals surface area contributed by atoms with Crippen LogP contribution in [0.4, 0.5) is 13.2 Å². The Bertz CT molecular complexity index is 636. The van der Waals surface area contributed by atoms with Crippen LogP contribution in [0.25, 0.3) is 11.3 Å². The molecular formula is C15H12F3NO2. The van der Waals surface area contributed by atoms with Crippen LogP contribution in [0.1, 0.15) is 23.0 Å². The Labute approximate surface area is 119 Å². The number of esters is 1.